The fraction of sp³-hybridized carbons (Fsp3) is 0.360. The Balaban J connectivity index is 1.26. The second-order valence-corrected chi connectivity index (χ2v) is 7.90. The fourth-order valence-corrected chi connectivity index (χ4v) is 3.80. The van der Waals surface area contributed by atoms with Gasteiger partial charge in [0.15, 0.2) is 5.96 Å². The summed E-state index contributed by atoms with van der Waals surface area (Å²) in [4.78, 5) is 6.72. The van der Waals surface area contributed by atoms with Gasteiger partial charge in [-0.15, -0.1) is 0 Å². The van der Waals surface area contributed by atoms with Gasteiger partial charge in [0.1, 0.15) is 23.4 Å². The van der Waals surface area contributed by atoms with Gasteiger partial charge in [0.25, 0.3) is 0 Å². The van der Waals surface area contributed by atoms with Gasteiger partial charge in [0.05, 0.1) is 26.5 Å². The van der Waals surface area contributed by atoms with Crippen molar-refractivity contribution >= 4 is 5.96 Å². The Morgan fingerprint density at radius 1 is 1.12 bits per heavy atom. The van der Waals surface area contributed by atoms with E-state index < -0.39 is 0 Å². The summed E-state index contributed by atoms with van der Waals surface area (Å²) in [5.74, 6) is 3.29. The van der Waals surface area contributed by atoms with E-state index in [0.717, 1.165) is 54.8 Å². The summed E-state index contributed by atoms with van der Waals surface area (Å²) in [6.45, 7) is 3.02. The van der Waals surface area contributed by atoms with E-state index in [1.165, 1.54) is 5.56 Å². The maximum absolute atomic E-state index is 5.95. The van der Waals surface area contributed by atoms with E-state index in [2.05, 4.69) is 32.4 Å². The molecule has 1 aromatic heterocycles. The van der Waals surface area contributed by atoms with Crippen molar-refractivity contribution in [1.82, 2.24) is 20.0 Å². The van der Waals surface area contributed by atoms with Crippen molar-refractivity contribution in [3.8, 4) is 17.2 Å². The molecule has 1 aliphatic heterocycles. The number of rotatable bonds is 7. The van der Waals surface area contributed by atoms with E-state index >= 15 is 0 Å². The van der Waals surface area contributed by atoms with Crippen molar-refractivity contribution < 1.29 is 14.2 Å². The van der Waals surface area contributed by atoms with Crippen molar-refractivity contribution in [2.24, 2.45) is 12.0 Å². The number of morpholine rings is 1. The summed E-state index contributed by atoms with van der Waals surface area (Å²) >= 11 is 0. The van der Waals surface area contributed by atoms with E-state index in [1.54, 1.807) is 11.8 Å². The van der Waals surface area contributed by atoms with Gasteiger partial charge in [0, 0.05) is 38.9 Å². The number of hydrogen-bond donors (Lipinski definition) is 1. The Bertz CT molecular complexity index is 1050. The Morgan fingerprint density at radius 3 is 2.45 bits per heavy atom. The lowest BCUT2D eigenvalue weighted by molar-refractivity contribution is -0.00800. The lowest BCUT2D eigenvalue weighted by atomic mass is 10.1. The van der Waals surface area contributed by atoms with Crippen molar-refractivity contribution in [2.75, 3.05) is 40.4 Å². The smallest absolute Gasteiger partial charge is 0.193 e. The van der Waals surface area contributed by atoms with Gasteiger partial charge in [0.2, 0.25) is 0 Å². The summed E-state index contributed by atoms with van der Waals surface area (Å²) in [7, 11) is 5.39. The molecule has 33 heavy (non-hydrogen) atoms. The molecule has 4 rings (SSSR count). The number of benzene rings is 2. The number of nitrogens with zero attached hydrogens (tertiary/aromatic N) is 4. The molecule has 0 amide bonds. The van der Waals surface area contributed by atoms with Gasteiger partial charge in [-0.25, -0.2) is 0 Å². The molecule has 0 spiro atoms. The molecule has 8 nitrogen and oxygen atoms in total. The van der Waals surface area contributed by atoms with Crippen LogP contribution in [0.3, 0.4) is 0 Å². The van der Waals surface area contributed by atoms with Crippen molar-refractivity contribution in [3.63, 3.8) is 0 Å². The van der Waals surface area contributed by atoms with Crippen LogP contribution in [0.2, 0.25) is 0 Å². The van der Waals surface area contributed by atoms with Gasteiger partial charge in [-0.1, -0.05) is 12.1 Å². The highest BCUT2D eigenvalue weighted by atomic mass is 16.5. The minimum atomic E-state index is 0.00393. The molecule has 1 saturated heterocycles. The largest absolute Gasteiger partial charge is 0.497 e. The Kier molecular flexibility index (Phi) is 7.47. The molecule has 0 aliphatic carbocycles. The molecule has 1 fully saturated rings. The van der Waals surface area contributed by atoms with Crippen LogP contribution in [0.4, 0.5) is 0 Å². The first-order chi connectivity index (χ1) is 16.1. The average molecular weight is 450 g/mol. The Labute approximate surface area is 194 Å². The van der Waals surface area contributed by atoms with E-state index in [-0.39, 0.29) is 6.10 Å². The summed E-state index contributed by atoms with van der Waals surface area (Å²) in [5.41, 5.74) is 2.32. The van der Waals surface area contributed by atoms with E-state index in [1.807, 2.05) is 62.9 Å². The summed E-state index contributed by atoms with van der Waals surface area (Å²) < 4.78 is 18.8. The quantitative estimate of drug-likeness (QED) is 0.440. The molecular formula is C25H31N5O3. The Morgan fingerprint density at radius 2 is 1.82 bits per heavy atom. The SMILES string of the molecule is CN=C(NCCc1ccc(Oc2ccc(OC)cc2)cc1)N1CCOC(c2cnn(C)c2)C1. The number of ether oxygens (including phenoxy) is 3. The standard InChI is InChI=1S/C25H31N5O3/c1-26-25(30-14-15-32-24(18-30)20-16-28-29(2)17-20)27-13-12-19-4-6-22(7-5-19)33-23-10-8-21(31-3)9-11-23/h4-11,16-17,24H,12-15,18H2,1-3H3,(H,26,27). The topological polar surface area (TPSA) is 73.1 Å². The number of hydrogen-bond acceptors (Lipinski definition) is 5. The second-order valence-electron chi connectivity index (χ2n) is 7.90. The van der Waals surface area contributed by atoms with Gasteiger partial charge in [-0.05, 0) is 48.4 Å². The number of guanidine groups is 1. The highest BCUT2D eigenvalue weighted by molar-refractivity contribution is 5.80. The second kappa shape index (κ2) is 10.9. The zero-order valence-electron chi connectivity index (χ0n) is 19.4. The first-order valence-corrected chi connectivity index (χ1v) is 11.1. The van der Waals surface area contributed by atoms with Crippen LogP contribution in [-0.4, -0.2) is 61.0 Å². The number of nitrogens with one attached hydrogen (secondary N) is 1. The van der Waals surface area contributed by atoms with Crippen LogP contribution in [0.1, 0.15) is 17.2 Å². The number of aromatic nitrogens is 2. The van der Waals surface area contributed by atoms with Crippen molar-refractivity contribution in [3.05, 3.63) is 72.1 Å². The normalized spacial score (nSPS) is 16.5. The average Bonchev–Trinajstić information content (AvgIpc) is 3.30. The van der Waals surface area contributed by atoms with Gasteiger partial charge < -0.3 is 24.4 Å². The van der Waals surface area contributed by atoms with E-state index in [0.29, 0.717) is 6.61 Å². The van der Waals surface area contributed by atoms with Crippen LogP contribution in [0.25, 0.3) is 0 Å². The van der Waals surface area contributed by atoms with Crippen LogP contribution in [-0.2, 0) is 18.2 Å². The van der Waals surface area contributed by atoms with Crippen molar-refractivity contribution in [1.29, 1.82) is 0 Å². The first kappa shape index (κ1) is 22.7. The molecule has 3 aromatic rings. The highest BCUT2D eigenvalue weighted by Gasteiger charge is 2.25. The predicted octanol–water partition coefficient (Wildman–Crippen LogP) is 3.41. The minimum absolute atomic E-state index is 0.00393. The third kappa shape index (κ3) is 6.04. The lowest BCUT2D eigenvalue weighted by Gasteiger charge is -2.34. The molecule has 2 heterocycles. The molecule has 1 aliphatic rings. The van der Waals surface area contributed by atoms with Crippen molar-refractivity contribution in [2.45, 2.75) is 12.5 Å². The number of methoxy groups -OCH3 is 1. The summed E-state index contributed by atoms with van der Waals surface area (Å²) in [5, 5.41) is 7.75. The molecule has 2 aromatic carbocycles. The van der Waals surface area contributed by atoms with E-state index in [4.69, 9.17) is 14.2 Å². The maximum Gasteiger partial charge on any atom is 0.193 e. The minimum Gasteiger partial charge on any atom is -0.497 e. The molecule has 0 saturated carbocycles. The van der Waals surface area contributed by atoms with Crippen LogP contribution in [0.15, 0.2) is 65.9 Å². The molecule has 0 bridgehead atoms. The van der Waals surface area contributed by atoms with Gasteiger partial charge in [-0.3, -0.25) is 9.67 Å². The molecule has 174 valence electrons. The van der Waals surface area contributed by atoms with Gasteiger partial charge in [-0.2, -0.15) is 5.10 Å². The monoisotopic (exact) mass is 449 g/mol. The van der Waals surface area contributed by atoms with Crippen LogP contribution >= 0.6 is 0 Å². The zero-order valence-corrected chi connectivity index (χ0v) is 19.4. The zero-order chi connectivity index (χ0) is 23.0. The molecule has 1 N–H and O–H groups in total. The molecule has 0 radical (unpaired) electrons. The van der Waals surface area contributed by atoms with Gasteiger partial charge >= 0.3 is 0 Å². The lowest BCUT2D eigenvalue weighted by Crippen LogP contribution is -2.48. The Hall–Kier alpha value is -3.52. The third-order valence-electron chi connectivity index (χ3n) is 5.59. The number of aliphatic imine (C=N–C) groups is 1. The van der Waals surface area contributed by atoms with Crippen LogP contribution in [0, 0.1) is 0 Å². The van der Waals surface area contributed by atoms with Crippen LogP contribution in [0.5, 0.6) is 17.2 Å². The summed E-state index contributed by atoms with van der Waals surface area (Å²) in [6, 6.07) is 15.7. The third-order valence-corrected chi connectivity index (χ3v) is 5.59. The maximum atomic E-state index is 5.95. The molecule has 1 unspecified atom stereocenters. The fourth-order valence-electron chi connectivity index (χ4n) is 3.80. The van der Waals surface area contributed by atoms with Crippen LogP contribution < -0.4 is 14.8 Å². The molecule has 8 heteroatoms. The highest BCUT2D eigenvalue weighted by Crippen LogP contribution is 2.24. The molecule has 1 atom stereocenters. The first-order valence-electron chi connectivity index (χ1n) is 11.1. The predicted molar refractivity (Wildman–Crippen MR) is 128 cm³/mol. The van der Waals surface area contributed by atoms with E-state index in [9.17, 15) is 0 Å². The summed E-state index contributed by atoms with van der Waals surface area (Å²) in [6.07, 6.45) is 4.76. The number of aryl methyl sites for hydroxylation is 1. The molecular weight excluding hydrogens is 418 g/mol.